The molecule has 0 aliphatic carbocycles. The predicted octanol–water partition coefficient (Wildman–Crippen LogP) is 5.74. The van der Waals surface area contributed by atoms with Crippen LogP contribution in [0.25, 0.3) is 10.9 Å². The van der Waals surface area contributed by atoms with Gasteiger partial charge in [-0.25, -0.2) is 18.4 Å². The Hall–Kier alpha value is -3.33. The molecule has 1 unspecified atom stereocenters. The third-order valence-corrected chi connectivity index (χ3v) is 9.12. The van der Waals surface area contributed by atoms with Crippen molar-refractivity contribution >= 4 is 32.4 Å². The highest BCUT2D eigenvalue weighted by Gasteiger charge is 2.31. The first-order chi connectivity index (χ1) is 18.1. The zero-order valence-corrected chi connectivity index (χ0v) is 23.2. The van der Waals surface area contributed by atoms with Crippen molar-refractivity contribution in [3.8, 4) is 0 Å². The van der Waals surface area contributed by atoms with Crippen molar-refractivity contribution in [1.82, 2.24) is 19.2 Å². The number of nitrogens with zero attached hydrogens (tertiary/aromatic N) is 4. The van der Waals surface area contributed by atoms with Crippen LogP contribution in [0.15, 0.2) is 83.8 Å². The molecule has 38 heavy (non-hydrogen) atoms. The summed E-state index contributed by atoms with van der Waals surface area (Å²) in [4.78, 5) is 12.4. The van der Waals surface area contributed by atoms with E-state index in [2.05, 4.69) is 37.9 Å². The zero-order chi connectivity index (χ0) is 26.9. The summed E-state index contributed by atoms with van der Waals surface area (Å²) in [6.45, 7) is 10.5. The van der Waals surface area contributed by atoms with Crippen LogP contribution in [0.5, 0.6) is 0 Å². The van der Waals surface area contributed by atoms with E-state index >= 15 is 0 Å². The van der Waals surface area contributed by atoms with E-state index < -0.39 is 10.0 Å². The minimum absolute atomic E-state index is 0.0224. The maximum absolute atomic E-state index is 13.3. The standard InChI is InChI=1S/C30H35N5O2S/c1-22(28-32-27-13-9-8-12-26(27)29(33-28)31-24-10-6-5-7-11-24)34-18-20-35(21-19-34)38(36,37)25-16-14-23(15-17-25)30(2,3)4/h5-17,22H,18-21H2,1-4H3,(H,31,32,33). The summed E-state index contributed by atoms with van der Waals surface area (Å²) in [5.41, 5.74) is 2.93. The van der Waals surface area contributed by atoms with Crippen LogP contribution < -0.4 is 5.32 Å². The quantitative estimate of drug-likeness (QED) is 0.343. The molecule has 1 aliphatic heterocycles. The van der Waals surface area contributed by atoms with Gasteiger partial charge in [-0.3, -0.25) is 4.90 Å². The van der Waals surface area contributed by atoms with E-state index in [0.717, 1.165) is 33.8 Å². The van der Waals surface area contributed by atoms with Gasteiger partial charge in [-0.1, -0.05) is 63.2 Å². The van der Waals surface area contributed by atoms with Gasteiger partial charge < -0.3 is 5.32 Å². The van der Waals surface area contributed by atoms with Crippen molar-refractivity contribution in [3.05, 3.63) is 90.3 Å². The molecule has 1 saturated heterocycles. The van der Waals surface area contributed by atoms with Crippen LogP contribution >= 0.6 is 0 Å². The second-order valence-electron chi connectivity index (χ2n) is 10.8. The lowest BCUT2D eigenvalue weighted by atomic mass is 9.87. The normalized spacial score (nSPS) is 16.4. The van der Waals surface area contributed by atoms with Crippen LogP contribution in [0.4, 0.5) is 11.5 Å². The number of rotatable bonds is 6. The van der Waals surface area contributed by atoms with Gasteiger partial charge in [0.25, 0.3) is 0 Å². The lowest BCUT2D eigenvalue weighted by molar-refractivity contribution is 0.141. The molecular formula is C30H35N5O2S. The number of hydrogen-bond acceptors (Lipinski definition) is 6. The number of aromatic nitrogens is 2. The van der Waals surface area contributed by atoms with E-state index in [9.17, 15) is 8.42 Å². The monoisotopic (exact) mass is 529 g/mol. The number of fused-ring (bicyclic) bond motifs is 1. The molecule has 3 aromatic carbocycles. The number of para-hydroxylation sites is 2. The number of hydrogen-bond donors (Lipinski definition) is 1. The van der Waals surface area contributed by atoms with E-state index in [-0.39, 0.29) is 11.5 Å². The van der Waals surface area contributed by atoms with Gasteiger partial charge in [0.05, 0.1) is 16.5 Å². The molecule has 1 fully saturated rings. The Morgan fingerprint density at radius 3 is 2.11 bits per heavy atom. The topological polar surface area (TPSA) is 78.4 Å². The van der Waals surface area contributed by atoms with Crippen molar-refractivity contribution in [2.75, 3.05) is 31.5 Å². The van der Waals surface area contributed by atoms with Crippen molar-refractivity contribution in [2.24, 2.45) is 0 Å². The Kier molecular flexibility index (Phi) is 7.22. The van der Waals surface area contributed by atoms with E-state index in [1.54, 1.807) is 16.4 Å². The molecule has 4 aromatic rings. The summed E-state index contributed by atoms with van der Waals surface area (Å²) in [5, 5.41) is 4.41. The van der Waals surface area contributed by atoms with Crippen LogP contribution in [-0.4, -0.2) is 53.8 Å². The first-order valence-electron chi connectivity index (χ1n) is 13.1. The SMILES string of the molecule is CC(c1nc(Nc2ccccc2)c2ccccc2n1)N1CCN(S(=O)(=O)c2ccc(C(C)(C)C)cc2)CC1. The minimum atomic E-state index is -3.54. The lowest BCUT2D eigenvalue weighted by Gasteiger charge is -2.37. The fourth-order valence-electron chi connectivity index (χ4n) is 4.81. The van der Waals surface area contributed by atoms with E-state index in [0.29, 0.717) is 31.1 Å². The van der Waals surface area contributed by atoms with Gasteiger partial charge in [-0.2, -0.15) is 4.31 Å². The van der Waals surface area contributed by atoms with Crippen LogP contribution in [0.1, 0.15) is 45.1 Å². The molecule has 7 nitrogen and oxygen atoms in total. The highest BCUT2D eigenvalue weighted by molar-refractivity contribution is 7.89. The van der Waals surface area contributed by atoms with Gasteiger partial charge in [0.15, 0.2) is 0 Å². The molecule has 198 valence electrons. The molecule has 0 amide bonds. The molecular weight excluding hydrogens is 494 g/mol. The Morgan fingerprint density at radius 1 is 0.816 bits per heavy atom. The summed E-state index contributed by atoms with van der Waals surface area (Å²) in [7, 11) is -3.54. The number of piperazine rings is 1. The van der Waals surface area contributed by atoms with Gasteiger partial charge in [0.1, 0.15) is 11.6 Å². The fraction of sp³-hybridized carbons (Fsp3) is 0.333. The first-order valence-corrected chi connectivity index (χ1v) is 14.5. The number of anilines is 2. The summed E-state index contributed by atoms with van der Waals surface area (Å²) < 4.78 is 28.3. The smallest absolute Gasteiger partial charge is 0.243 e. The summed E-state index contributed by atoms with van der Waals surface area (Å²) in [5.74, 6) is 1.49. The second kappa shape index (κ2) is 10.4. The molecule has 1 N–H and O–H groups in total. The van der Waals surface area contributed by atoms with Crippen LogP contribution in [-0.2, 0) is 15.4 Å². The van der Waals surface area contributed by atoms with Crippen LogP contribution in [0.2, 0.25) is 0 Å². The summed E-state index contributed by atoms with van der Waals surface area (Å²) >= 11 is 0. The number of sulfonamides is 1. The Labute approximate surface area is 225 Å². The van der Waals surface area contributed by atoms with Crippen molar-refractivity contribution in [2.45, 2.75) is 44.0 Å². The summed E-state index contributed by atoms with van der Waals surface area (Å²) in [6, 6.07) is 25.2. The molecule has 2 heterocycles. The van der Waals surface area contributed by atoms with E-state index in [1.165, 1.54) is 0 Å². The maximum atomic E-state index is 13.3. The highest BCUT2D eigenvalue weighted by Crippen LogP contribution is 2.29. The molecule has 1 aromatic heterocycles. The first kappa shape index (κ1) is 26.3. The van der Waals surface area contributed by atoms with Gasteiger partial charge in [-0.05, 0) is 54.3 Å². The molecule has 8 heteroatoms. The Bertz CT molecular complexity index is 1510. The molecule has 0 saturated carbocycles. The van der Waals surface area contributed by atoms with Gasteiger partial charge >= 0.3 is 0 Å². The Morgan fingerprint density at radius 2 is 1.45 bits per heavy atom. The lowest BCUT2D eigenvalue weighted by Crippen LogP contribution is -2.49. The highest BCUT2D eigenvalue weighted by atomic mass is 32.2. The van der Waals surface area contributed by atoms with Gasteiger partial charge in [0, 0.05) is 37.3 Å². The van der Waals surface area contributed by atoms with Crippen LogP contribution in [0.3, 0.4) is 0 Å². The molecule has 1 aliphatic rings. The average molecular weight is 530 g/mol. The average Bonchev–Trinajstić information content (AvgIpc) is 2.93. The predicted molar refractivity (Wildman–Crippen MR) is 153 cm³/mol. The molecule has 1 atom stereocenters. The maximum Gasteiger partial charge on any atom is 0.243 e. The van der Waals surface area contributed by atoms with Crippen molar-refractivity contribution in [3.63, 3.8) is 0 Å². The second-order valence-corrected chi connectivity index (χ2v) is 12.8. The minimum Gasteiger partial charge on any atom is -0.340 e. The number of benzene rings is 3. The van der Waals surface area contributed by atoms with E-state index in [4.69, 9.17) is 9.97 Å². The van der Waals surface area contributed by atoms with Crippen molar-refractivity contribution in [1.29, 1.82) is 0 Å². The van der Waals surface area contributed by atoms with Crippen LogP contribution in [0, 0.1) is 0 Å². The largest absolute Gasteiger partial charge is 0.340 e. The molecule has 0 bridgehead atoms. The van der Waals surface area contributed by atoms with E-state index in [1.807, 2.05) is 66.7 Å². The molecule has 0 radical (unpaired) electrons. The van der Waals surface area contributed by atoms with Gasteiger partial charge in [-0.15, -0.1) is 0 Å². The third-order valence-electron chi connectivity index (χ3n) is 7.21. The molecule has 5 rings (SSSR count). The van der Waals surface area contributed by atoms with Crippen molar-refractivity contribution < 1.29 is 8.42 Å². The third kappa shape index (κ3) is 5.43. The molecule has 0 spiro atoms. The zero-order valence-electron chi connectivity index (χ0n) is 22.4. The van der Waals surface area contributed by atoms with Gasteiger partial charge in [0.2, 0.25) is 10.0 Å². The Balaban J connectivity index is 1.32. The number of nitrogens with one attached hydrogen (secondary N) is 1. The summed E-state index contributed by atoms with van der Waals surface area (Å²) in [6.07, 6.45) is 0. The fourth-order valence-corrected chi connectivity index (χ4v) is 6.23.